The molecule has 1 rings (SSSR count). The summed E-state index contributed by atoms with van der Waals surface area (Å²) in [5.41, 5.74) is -0.892. The average molecular weight is 250 g/mol. The molecule has 100 valence electrons. The molecule has 18 heavy (non-hydrogen) atoms. The topological polar surface area (TPSA) is 69.2 Å². The minimum Gasteiger partial charge on any atom is -0.549 e. The van der Waals surface area contributed by atoms with Gasteiger partial charge in [0.1, 0.15) is 0 Å². The molecule has 1 aliphatic rings. The predicted molar refractivity (Wildman–Crippen MR) is 67.5 cm³/mol. The second-order valence-corrected chi connectivity index (χ2v) is 4.83. The number of nitrogens with one attached hydrogen (secondary N) is 1. The highest BCUT2D eigenvalue weighted by Crippen LogP contribution is 2.24. The maximum Gasteiger partial charge on any atom is 0.220 e. The molecule has 1 N–H and O–H groups in total. The fraction of sp³-hybridized carbons (Fsp3) is 0.571. The first-order valence-electron chi connectivity index (χ1n) is 6.37. The van der Waals surface area contributed by atoms with Gasteiger partial charge in [-0.05, 0) is 13.3 Å². The molecule has 1 amide bonds. The Morgan fingerprint density at radius 1 is 1.33 bits per heavy atom. The van der Waals surface area contributed by atoms with Gasteiger partial charge in [-0.1, -0.05) is 44.1 Å². The van der Waals surface area contributed by atoms with Crippen LogP contribution in [-0.2, 0) is 9.59 Å². The van der Waals surface area contributed by atoms with Crippen molar-refractivity contribution in [1.82, 2.24) is 5.32 Å². The van der Waals surface area contributed by atoms with Crippen LogP contribution in [0.15, 0.2) is 24.3 Å². The molecular formula is C14H20NO3-. The molecule has 0 fully saturated rings. The third-order valence-corrected chi connectivity index (χ3v) is 3.17. The summed E-state index contributed by atoms with van der Waals surface area (Å²) >= 11 is 0. The van der Waals surface area contributed by atoms with Crippen LogP contribution < -0.4 is 10.4 Å². The van der Waals surface area contributed by atoms with E-state index in [2.05, 4.69) is 12.2 Å². The number of carbonyl (C=O) groups excluding carboxylic acids is 2. The summed E-state index contributed by atoms with van der Waals surface area (Å²) < 4.78 is 0. The molecule has 2 unspecified atom stereocenters. The highest BCUT2D eigenvalue weighted by atomic mass is 16.4. The molecule has 0 spiro atoms. The first-order valence-corrected chi connectivity index (χ1v) is 6.37. The Morgan fingerprint density at radius 2 is 2.06 bits per heavy atom. The molecule has 0 aromatic carbocycles. The van der Waals surface area contributed by atoms with Gasteiger partial charge < -0.3 is 15.2 Å². The molecule has 2 atom stereocenters. The van der Waals surface area contributed by atoms with Gasteiger partial charge in [0, 0.05) is 12.3 Å². The zero-order valence-electron chi connectivity index (χ0n) is 10.9. The Balaban J connectivity index is 2.62. The lowest BCUT2D eigenvalue weighted by Gasteiger charge is -2.36. The summed E-state index contributed by atoms with van der Waals surface area (Å²) in [6.45, 7) is 3.77. The van der Waals surface area contributed by atoms with Crippen LogP contribution in [0, 0.1) is 5.92 Å². The van der Waals surface area contributed by atoms with Crippen molar-refractivity contribution in [2.75, 3.05) is 0 Å². The van der Waals surface area contributed by atoms with Gasteiger partial charge in [-0.3, -0.25) is 4.79 Å². The number of amides is 1. The molecular weight excluding hydrogens is 230 g/mol. The third-order valence-electron chi connectivity index (χ3n) is 3.17. The quantitative estimate of drug-likeness (QED) is 0.713. The van der Waals surface area contributed by atoms with Crippen LogP contribution in [0.2, 0.25) is 0 Å². The molecule has 0 aromatic heterocycles. The molecule has 0 radical (unpaired) electrons. The summed E-state index contributed by atoms with van der Waals surface area (Å²) in [5.74, 6) is -2.11. The van der Waals surface area contributed by atoms with Crippen molar-refractivity contribution in [3.63, 3.8) is 0 Å². The van der Waals surface area contributed by atoms with E-state index in [9.17, 15) is 14.7 Å². The van der Waals surface area contributed by atoms with E-state index < -0.39 is 17.4 Å². The molecule has 4 heteroatoms. The Hall–Kier alpha value is -1.58. The first-order chi connectivity index (χ1) is 8.49. The number of hydrogen-bond donors (Lipinski definition) is 1. The van der Waals surface area contributed by atoms with E-state index in [-0.39, 0.29) is 5.91 Å². The number of carboxylic acids is 1. The molecule has 4 nitrogen and oxygen atoms in total. The van der Waals surface area contributed by atoms with Crippen LogP contribution in [0.5, 0.6) is 0 Å². The Morgan fingerprint density at radius 3 is 2.67 bits per heavy atom. The van der Waals surface area contributed by atoms with E-state index in [4.69, 9.17) is 0 Å². The lowest BCUT2D eigenvalue weighted by molar-refractivity contribution is -0.311. The second kappa shape index (κ2) is 6.38. The SMILES string of the molecule is CCCCCC(=O)NC1(C)C=CC=CC1C(=O)[O-]. The highest BCUT2D eigenvalue weighted by Gasteiger charge is 2.33. The van der Waals surface area contributed by atoms with Gasteiger partial charge in [0.2, 0.25) is 5.91 Å². The summed E-state index contributed by atoms with van der Waals surface area (Å²) in [4.78, 5) is 22.8. The summed E-state index contributed by atoms with van der Waals surface area (Å²) in [6.07, 6.45) is 9.96. The summed E-state index contributed by atoms with van der Waals surface area (Å²) in [6, 6.07) is 0. The number of unbranched alkanes of at least 4 members (excludes halogenated alkanes) is 2. The minimum absolute atomic E-state index is 0.114. The van der Waals surface area contributed by atoms with Crippen LogP contribution in [0.4, 0.5) is 0 Å². The maximum absolute atomic E-state index is 11.8. The largest absolute Gasteiger partial charge is 0.549 e. The summed E-state index contributed by atoms with van der Waals surface area (Å²) in [5, 5.41) is 13.9. The van der Waals surface area contributed by atoms with E-state index in [1.807, 2.05) is 0 Å². The van der Waals surface area contributed by atoms with Crippen LogP contribution in [0.3, 0.4) is 0 Å². The molecule has 0 aliphatic heterocycles. The Bertz CT molecular complexity index is 373. The van der Waals surface area contributed by atoms with Crippen LogP contribution >= 0.6 is 0 Å². The predicted octanol–water partition coefficient (Wildman–Crippen LogP) is 0.934. The summed E-state index contributed by atoms with van der Waals surface area (Å²) in [7, 11) is 0. The fourth-order valence-corrected chi connectivity index (χ4v) is 2.08. The fourth-order valence-electron chi connectivity index (χ4n) is 2.08. The number of allylic oxidation sites excluding steroid dienone is 2. The van der Waals surface area contributed by atoms with Gasteiger partial charge in [-0.2, -0.15) is 0 Å². The van der Waals surface area contributed by atoms with E-state index in [1.165, 1.54) is 0 Å². The molecule has 1 aliphatic carbocycles. The highest BCUT2D eigenvalue weighted by molar-refractivity contribution is 5.80. The van der Waals surface area contributed by atoms with E-state index in [1.54, 1.807) is 31.2 Å². The van der Waals surface area contributed by atoms with Crippen LogP contribution in [0.1, 0.15) is 39.5 Å². The maximum atomic E-state index is 11.8. The van der Waals surface area contributed by atoms with Crippen LogP contribution in [0.25, 0.3) is 0 Å². The van der Waals surface area contributed by atoms with Gasteiger partial charge in [0.15, 0.2) is 0 Å². The van der Waals surface area contributed by atoms with E-state index in [0.29, 0.717) is 6.42 Å². The molecule has 0 bridgehead atoms. The van der Waals surface area contributed by atoms with Crippen molar-refractivity contribution in [3.05, 3.63) is 24.3 Å². The zero-order valence-corrected chi connectivity index (χ0v) is 10.9. The third kappa shape index (κ3) is 3.72. The number of aliphatic carboxylic acids is 1. The molecule has 0 heterocycles. The number of carboxylic acid groups (broad SMARTS) is 1. The minimum atomic E-state index is -1.17. The van der Waals surface area contributed by atoms with Gasteiger partial charge in [-0.15, -0.1) is 0 Å². The van der Waals surface area contributed by atoms with Crippen molar-refractivity contribution >= 4 is 11.9 Å². The van der Waals surface area contributed by atoms with Crippen molar-refractivity contribution in [2.24, 2.45) is 5.92 Å². The molecule has 0 saturated carbocycles. The Labute approximate surface area is 108 Å². The number of hydrogen-bond acceptors (Lipinski definition) is 3. The van der Waals surface area contributed by atoms with E-state index >= 15 is 0 Å². The van der Waals surface area contributed by atoms with E-state index in [0.717, 1.165) is 19.3 Å². The lowest BCUT2D eigenvalue weighted by atomic mass is 9.82. The van der Waals surface area contributed by atoms with Gasteiger partial charge in [-0.25, -0.2) is 0 Å². The smallest absolute Gasteiger partial charge is 0.220 e. The Kier molecular flexibility index (Phi) is 5.13. The number of rotatable bonds is 6. The van der Waals surface area contributed by atoms with Crippen molar-refractivity contribution < 1.29 is 14.7 Å². The molecule has 0 saturated heterocycles. The van der Waals surface area contributed by atoms with Gasteiger partial charge in [0.25, 0.3) is 0 Å². The second-order valence-electron chi connectivity index (χ2n) is 4.83. The van der Waals surface area contributed by atoms with Crippen molar-refractivity contribution in [1.29, 1.82) is 0 Å². The van der Waals surface area contributed by atoms with Crippen molar-refractivity contribution in [2.45, 2.75) is 45.1 Å². The standard InChI is InChI=1S/C14H21NO3/c1-3-4-5-9-12(16)15-14(2)10-7-6-8-11(14)13(17)18/h6-8,10-11H,3-5,9H2,1-2H3,(H,15,16)(H,17,18)/p-1. The monoisotopic (exact) mass is 250 g/mol. The lowest BCUT2D eigenvalue weighted by Crippen LogP contribution is -2.55. The zero-order chi connectivity index (χ0) is 13.6. The average Bonchev–Trinajstić information content (AvgIpc) is 2.28. The first kappa shape index (κ1) is 14.5. The van der Waals surface area contributed by atoms with Crippen LogP contribution in [-0.4, -0.2) is 17.4 Å². The molecule has 0 aromatic rings. The van der Waals surface area contributed by atoms with Crippen molar-refractivity contribution in [3.8, 4) is 0 Å². The van der Waals surface area contributed by atoms with Gasteiger partial charge in [0.05, 0.1) is 11.5 Å². The van der Waals surface area contributed by atoms with Gasteiger partial charge >= 0.3 is 0 Å². The number of carbonyl (C=O) groups is 2. The normalized spacial score (nSPS) is 26.0.